The van der Waals surface area contributed by atoms with Crippen LogP contribution in [0.1, 0.15) is 10.5 Å². The van der Waals surface area contributed by atoms with Crippen LogP contribution in [0.15, 0.2) is 39.7 Å². The van der Waals surface area contributed by atoms with Crippen LogP contribution in [0.25, 0.3) is 11.1 Å². The first-order valence-corrected chi connectivity index (χ1v) is 5.52. The number of hydrogen-bond acceptors (Lipinski definition) is 5. The molecule has 0 spiro atoms. The van der Waals surface area contributed by atoms with E-state index in [1.807, 2.05) is 0 Å². The second-order valence-corrected chi connectivity index (χ2v) is 4.04. The molecule has 0 bridgehead atoms. The van der Waals surface area contributed by atoms with Gasteiger partial charge in [0.15, 0.2) is 5.58 Å². The van der Waals surface area contributed by atoms with Gasteiger partial charge in [-0.25, -0.2) is 9.36 Å². The van der Waals surface area contributed by atoms with Crippen molar-refractivity contribution in [3.8, 4) is 0 Å². The average molecular weight is 258 g/mol. The first kappa shape index (κ1) is 11.3. The van der Waals surface area contributed by atoms with Crippen molar-refractivity contribution in [2.45, 2.75) is 0 Å². The molecule has 1 aromatic carbocycles. The smallest absolute Gasteiger partial charge is 0.405 e. The summed E-state index contributed by atoms with van der Waals surface area (Å²) in [7, 11) is 1.62. The Hall–Kier alpha value is -2.83. The lowest BCUT2D eigenvalue weighted by atomic mass is 10.3. The van der Waals surface area contributed by atoms with Crippen molar-refractivity contribution < 1.29 is 9.21 Å². The van der Waals surface area contributed by atoms with Crippen molar-refractivity contribution >= 4 is 22.7 Å². The number of hydrogen-bond donors (Lipinski definition) is 1. The SMILES string of the molecule is Cn1nccc1C(=O)n1c(=O)oc2c(N)cccc21. The number of oxazole rings is 1. The standard InChI is InChI=1S/C12H10N4O3/c1-15-9(5-6-14-15)11(17)16-8-4-2-3-7(13)10(8)19-12(16)18/h2-6H,13H2,1H3. The second-order valence-electron chi connectivity index (χ2n) is 4.04. The minimum Gasteiger partial charge on any atom is -0.405 e. The maximum absolute atomic E-state index is 12.3. The number of rotatable bonds is 1. The van der Waals surface area contributed by atoms with E-state index in [4.69, 9.17) is 10.2 Å². The molecule has 0 aliphatic heterocycles. The van der Waals surface area contributed by atoms with E-state index < -0.39 is 11.7 Å². The molecule has 7 heteroatoms. The fraction of sp³-hybridized carbons (Fsp3) is 0.0833. The van der Waals surface area contributed by atoms with Gasteiger partial charge in [0.1, 0.15) is 11.2 Å². The summed E-state index contributed by atoms with van der Waals surface area (Å²) in [5, 5.41) is 3.90. The first-order chi connectivity index (χ1) is 9.09. The van der Waals surface area contributed by atoms with Crippen LogP contribution >= 0.6 is 0 Å². The monoisotopic (exact) mass is 258 g/mol. The number of para-hydroxylation sites is 1. The van der Waals surface area contributed by atoms with E-state index in [0.717, 1.165) is 4.57 Å². The third kappa shape index (κ3) is 1.55. The van der Waals surface area contributed by atoms with Gasteiger partial charge in [0.05, 0.1) is 5.69 Å². The van der Waals surface area contributed by atoms with Crippen LogP contribution in [0.2, 0.25) is 0 Å². The Kier molecular flexibility index (Phi) is 2.28. The number of fused-ring (bicyclic) bond motifs is 1. The molecule has 0 unspecified atom stereocenters. The highest BCUT2D eigenvalue weighted by atomic mass is 16.4. The first-order valence-electron chi connectivity index (χ1n) is 5.52. The topological polar surface area (TPSA) is 96.0 Å². The number of benzene rings is 1. The summed E-state index contributed by atoms with van der Waals surface area (Å²) in [6, 6.07) is 6.38. The van der Waals surface area contributed by atoms with Gasteiger partial charge in [-0.1, -0.05) is 6.07 Å². The molecule has 0 aliphatic rings. The van der Waals surface area contributed by atoms with Crippen LogP contribution in [-0.2, 0) is 7.05 Å². The van der Waals surface area contributed by atoms with E-state index in [-0.39, 0.29) is 11.3 Å². The molecule has 0 atom stereocenters. The number of carbonyl (C=O) groups is 1. The molecule has 0 saturated carbocycles. The van der Waals surface area contributed by atoms with E-state index in [0.29, 0.717) is 11.2 Å². The second kappa shape index (κ2) is 3.84. The summed E-state index contributed by atoms with van der Waals surface area (Å²) < 4.78 is 7.36. The van der Waals surface area contributed by atoms with Gasteiger partial charge >= 0.3 is 5.76 Å². The normalized spacial score (nSPS) is 11.0. The van der Waals surface area contributed by atoms with E-state index >= 15 is 0 Å². The van der Waals surface area contributed by atoms with Crippen LogP contribution in [0.5, 0.6) is 0 Å². The maximum atomic E-state index is 12.3. The number of nitrogen functional groups attached to an aromatic ring is 1. The van der Waals surface area contributed by atoms with Crippen LogP contribution in [0.4, 0.5) is 5.69 Å². The van der Waals surface area contributed by atoms with Crippen LogP contribution in [0, 0.1) is 0 Å². The van der Waals surface area contributed by atoms with Crippen molar-refractivity contribution in [2.75, 3.05) is 5.73 Å². The summed E-state index contributed by atoms with van der Waals surface area (Å²) in [4.78, 5) is 24.2. The van der Waals surface area contributed by atoms with E-state index in [1.54, 1.807) is 25.2 Å². The number of aromatic nitrogens is 3. The summed E-state index contributed by atoms with van der Waals surface area (Å²) in [5.74, 6) is -1.27. The largest absolute Gasteiger partial charge is 0.427 e. The van der Waals surface area contributed by atoms with Gasteiger partial charge in [-0.15, -0.1) is 0 Å². The molecular formula is C12H10N4O3. The highest BCUT2D eigenvalue weighted by Gasteiger charge is 2.20. The predicted octanol–water partition coefficient (Wildman–Crippen LogP) is 0.599. The Morgan fingerprint density at radius 1 is 1.37 bits per heavy atom. The van der Waals surface area contributed by atoms with E-state index in [1.165, 1.54) is 16.9 Å². The number of nitrogens with zero attached hydrogens (tertiary/aromatic N) is 3. The zero-order valence-corrected chi connectivity index (χ0v) is 10.0. The quantitative estimate of drug-likeness (QED) is 0.645. The Morgan fingerprint density at radius 2 is 2.16 bits per heavy atom. The number of anilines is 1. The van der Waals surface area contributed by atoms with Gasteiger partial charge in [-0.3, -0.25) is 9.48 Å². The fourth-order valence-corrected chi connectivity index (χ4v) is 1.95. The molecule has 96 valence electrons. The molecular weight excluding hydrogens is 248 g/mol. The Morgan fingerprint density at radius 3 is 2.84 bits per heavy atom. The van der Waals surface area contributed by atoms with Crippen molar-refractivity contribution in [3.63, 3.8) is 0 Å². The molecule has 0 saturated heterocycles. The molecule has 0 aliphatic carbocycles. The zero-order chi connectivity index (χ0) is 13.6. The molecule has 3 rings (SSSR count). The Bertz CT molecular complexity index is 840. The summed E-state index contributed by atoms with van der Waals surface area (Å²) in [6.45, 7) is 0. The molecule has 7 nitrogen and oxygen atoms in total. The Labute approximate surface area is 106 Å². The summed E-state index contributed by atoms with van der Waals surface area (Å²) in [5.41, 5.74) is 6.86. The lowest BCUT2D eigenvalue weighted by Gasteiger charge is -2.01. The third-order valence-corrected chi connectivity index (χ3v) is 2.88. The van der Waals surface area contributed by atoms with Gasteiger partial charge in [-0.2, -0.15) is 5.10 Å². The summed E-state index contributed by atoms with van der Waals surface area (Å²) >= 11 is 0. The van der Waals surface area contributed by atoms with Gasteiger partial charge in [0.25, 0.3) is 5.91 Å². The molecule has 2 heterocycles. The van der Waals surface area contributed by atoms with Crippen LogP contribution in [0.3, 0.4) is 0 Å². The van der Waals surface area contributed by atoms with Gasteiger partial charge in [0.2, 0.25) is 0 Å². The molecule has 2 N–H and O–H groups in total. The molecule has 0 radical (unpaired) electrons. The van der Waals surface area contributed by atoms with Gasteiger partial charge in [0, 0.05) is 13.2 Å². The molecule has 19 heavy (non-hydrogen) atoms. The highest BCUT2D eigenvalue weighted by molar-refractivity contribution is 6.01. The van der Waals surface area contributed by atoms with Crippen molar-refractivity contribution in [1.29, 1.82) is 0 Å². The fourth-order valence-electron chi connectivity index (χ4n) is 1.95. The highest BCUT2D eigenvalue weighted by Crippen LogP contribution is 2.20. The molecule has 2 aromatic heterocycles. The molecule has 0 fully saturated rings. The van der Waals surface area contributed by atoms with Crippen LogP contribution in [-0.4, -0.2) is 20.3 Å². The number of aryl methyl sites for hydroxylation is 1. The minimum atomic E-state index is -0.765. The van der Waals surface area contributed by atoms with Gasteiger partial charge < -0.3 is 10.2 Å². The van der Waals surface area contributed by atoms with Crippen molar-refractivity contribution in [2.24, 2.45) is 7.05 Å². The van der Waals surface area contributed by atoms with E-state index in [2.05, 4.69) is 5.10 Å². The average Bonchev–Trinajstić information content (AvgIpc) is 2.93. The van der Waals surface area contributed by atoms with Crippen molar-refractivity contribution in [3.05, 3.63) is 46.7 Å². The van der Waals surface area contributed by atoms with Gasteiger partial charge in [-0.05, 0) is 18.2 Å². The zero-order valence-electron chi connectivity index (χ0n) is 10.0. The molecule has 0 amide bonds. The predicted molar refractivity (Wildman–Crippen MR) is 67.8 cm³/mol. The Balaban J connectivity index is 2.29. The third-order valence-electron chi connectivity index (χ3n) is 2.88. The van der Waals surface area contributed by atoms with Crippen molar-refractivity contribution in [1.82, 2.24) is 14.3 Å². The lowest BCUT2D eigenvalue weighted by molar-refractivity contribution is 0.0947. The lowest BCUT2D eigenvalue weighted by Crippen LogP contribution is -2.25. The summed E-state index contributed by atoms with van der Waals surface area (Å²) in [6.07, 6.45) is 1.48. The number of nitrogens with two attached hydrogens (primary N) is 1. The molecule has 3 aromatic rings. The van der Waals surface area contributed by atoms with E-state index in [9.17, 15) is 9.59 Å². The minimum absolute atomic E-state index is 0.211. The van der Waals surface area contributed by atoms with Crippen LogP contribution < -0.4 is 11.5 Å². The number of carbonyl (C=O) groups excluding carboxylic acids is 1. The maximum Gasteiger partial charge on any atom is 0.427 e.